The molecule has 0 saturated heterocycles. The minimum atomic E-state index is -0.315. The van der Waals surface area contributed by atoms with Gasteiger partial charge in [-0.05, 0) is 25.5 Å². The van der Waals surface area contributed by atoms with Crippen LogP contribution in [0.3, 0.4) is 0 Å². The number of anilines is 1. The third-order valence-electron chi connectivity index (χ3n) is 5.51. The SMILES string of the molecule is Cc1cc(NC(=O)c2c(C)cccc2OCc2cc(=O)n3[nH]c(-c4ccccc4)nc3n2)n(C)n1. The van der Waals surface area contributed by atoms with Crippen molar-refractivity contribution in [2.75, 3.05) is 5.32 Å². The molecule has 3 aromatic heterocycles. The van der Waals surface area contributed by atoms with Crippen LogP contribution in [0, 0.1) is 13.8 Å². The fourth-order valence-corrected chi connectivity index (χ4v) is 3.84. The van der Waals surface area contributed by atoms with Crippen LogP contribution in [-0.2, 0) is 13.7 Å². The van der Waals surface area contributed by atoms with E-state index in [2.05, 4.69) is 25.5 Å². The number of fused-ring (bicyclic) bond motifs is 1. The molecule has 0 spiro atoms. The van der Waals surface area contributed by atoms with Crippen LogP contribution in [0.15, 0.2) is 65.5 Å². The maximum Gasteiger partial charge on any atom is 0.274 e. The summed E-state index contributed by atoms with van der Waals surface area (Å²) in [5.41, 5.74) is 2.88. The van der Waals surface area contributed by atoms with Gasteiger partial charge in [0.2, 0.25) is 0 Å². The van der Waals surface area contributed by atoms with Gasteiger partial charge in [-0.25, -0.2) is 4.98 Å². The van der Waals surface area contributed by atoms with E-state index in [0.29, 0.717) is 28.6 Å². The lowest BCUT2D eigenvalue weighted by atomic mass is 10.1. The van der Waals surface area contributed by atoms with Crippen LogP contribution in [0.5, 0.6) is 5.75 Å². The highest BCUT2D eigenvalue weighted by Gasteiger charge is 2.18. The summed E-state index contributed by atoms with van der Waals surface area (Å²) in [6.45, 7) is 3.68. The molecule has 3 heterocycles. The first-order valence-electron chi connectivity index (χ1n) is 11.0. The van der Waals surface area contributed by atoms with E-state index in [4.69, 9.17) is 4.74 Å². The molecule has 10 nitrogen and oxygen atoms in total. The zero-order valence-electron chi connectivity index (χ0n) is 19.4. The Morgan fingerprint density at radius 3 is 2.60 bits per heavy atom. The predicted octanol–water partition coefficient (Wildman–Crippen LogP) is 3.27. The number of hydrogen-bond donors (Lipinski definition) is 2. The molecule has 0 aliphatic carbocycles. The second-order valence-electron chi connectivity index (χ2n) is 8.14. The zero-order valence-corrected chi connectivity index (χ0v) is 19.4. The van der Waals surface area contributed by atoms with E-state index < -0.39 is 0 Å². The molecular weight excluding hydrogens is 446 g/mol. The van der Waals surface area contributed by atoms with Crippen LogP contribution < -0.4 is 15.6 Å². The Morgan fingerprint density at radius 2 is 1.86 bits per heavy atom. The van der Waals surface area contributed by atoms with Crippen molar-refractivity contribution >= 4 is 17.5 Å². The molecule has 2 N–H and O–H groups in total. The third kappa shape index (κ3) is 4.41. The van der Waals surface area contributed by atoms with Crippen molar-refractivity contribution in [1.82, 2.24) is 29.4 Å². The number of nitrogens with one attached hydrogen (secondary N) is 2. The summed E-state index contributed by atoms with van der Waals surface area (Å²) in [7, 11) is 1.76. The lowest BCUT2D eigenvalue weighted by Crippen LogP contribution is -2.18. The van der Waals surface area contributed by atoms with Crippen LogP contribution in [0.4, 0.5) is 5.82 Å². The fraction of sp³-hybridized carbons (Fsp3) is 0.160. The van der Waals surface area contributed by atoms with Crippen LogP contribution >= 0.6 is 0 Å². The smallest absolute Gasteiger partial charge is 0.274 e. The van der Waals surface area contributed by atoms with Crippen LogP contribution in [0.25, 0.3) is 17.2 Å². The number of aromatic nitrogens is 6. The summed E-state index contributed by atoms with van der Waals surface area (Å²) < 4.78 is 8.85. The molecule has 0 atom stereocenters. The molecule has 10 heteroatoms. The van der Waals surface area contributed by atoms with Crippen molar-refractivity contribution in [3.05, 3.63) is 93.5 Å². The van der Waals surface area contributed by atoms with Gasteiger partial charge in [0.15, 0.2) is 5.82 Å². The number of amides is 1. The molecule has 0 unspecified atom stereocenters. The van der Waals surface area contributed by atoms with E-state index >= 15 is 0 Å². The third-order valence-corrected chi connectivity index (χ3v) is 5.51. The van der Waals surface area contributed by atoms with Crippen LogP contribution in [0.1, 0.15) is 27.3 Å². The summed E-state index contributed by atoms with van der Waals surface area (Å²) in [5.74, 6) is 1.43. The molecule has 2 aromatic carbocycles. The van der Waals surface area contributed by atoms with Crippen LogP contribution in [-0.4, -0.2) is 35.3 Å². The number of carbonyl (C=O) groups excluding carboxylic acids is 1. The Kier molecular flexibility index (Phi) is 5.61. The number of ether oxygens (including phenoxy) is 1. The number of H-pyrrole nitrogens is 1. The minimum Gasteiger partial charge on any atom is -0.486 e. The van der Waals surface area contributed by atoms with Gasteiger partial charge in [-0.15, -0.1) is 0 Å². The summed E-state index contributed by atoms with van der Waals surface area (Å²) in [5, 5.41) is 10.1. The Morgan fingerprint density at radius 1 is 1.06 bits per heavy atom. The molecule has 5 aromatic rings. The molecule has 176 valence electrons. The molecule has 35 heavy (non-hydrogen) atoms. The Bertz CT molecular complexity index is 1600. The molecule has 0 fully saturated rings. The van der Waals surface area contributed by atoms with Gasteiger partial charge in [-0.3, -0.25) is 19.4 Å². The van der Waals surface area contributed by atoms with E-state index in [1.54, 1.807) is 29.9 Å². The fourth-order valence-electron chi connectivity index (χ4n) is 3.84. The number of hydrogen-bond acceptors (Lipinski definition) is 6. The average molecular weight is 470 g/mol. The second kappa shape index (κ2) is 8.90. The summed E-state index contributed by atoms with van der Waals surface area (Å²) in [6.07, 6.45) is 0. The predicted molar refractivity (Wildman–Crippen MR) is 130 cm³/mol. The van der Waals surface area contributed by atoms with E-state index in [1.165, 1.54) is 10.6 Å². The number of rotatable bonds is 6. The normalized spacial score (nSPS) is 11.1. The maximum atomic E-state index is 13.1. The molecule has 0 bridgehead atoms. The van der Waals surface area contributed by atoms with E-state index in [0.717, 1.165) is 16.8 Å². The second-order valence-corrected chi connectivity index (χ2v) is 8.14. The summed E-state index contributed by atoms with van der Waals surface area (Å²) >= 11 is 0. The summed E-state index contributed by atoms with van der Waals surface area (Å²) in [4.78, 5) is 34.6. The standard InChI is InChI=1S/C25H23N7O3/c1-15-8-7-11-19(22(15)24(34)27-20-12-16(2)29-31(20)3)35-14-18-13-21(33)32-25(26-18)28-23(30-32)17-9-5-4-6-10-17/h4-13H,14H2,1-3H3,(H,27,34)(H,26,28,30). The molecule has 0 saturated carbocycles. The van der Waals surface area contributed by atoms with Crippen molar-refractivity contribution in [1.29, 1.82) is 0 Å². The van der Waals surface area contributed by atoms with Crippen molar-refractivity contribution in [2.24, 2.45) is 7.05 Å². The molecule has 1 amide bonds. The van der Waals surface area contributed by atoms with Gasteiger partial charge in [0.05, 0.1) is 17.0 Å². The van der Waals surface area contributed by atoms with Gasteiger partial charge in [-0.2, -0.15) is 14.6 Å². The highest BCUT2D eigenvalue weighted by Crippen LogP contribution is 2.24. The first-order valence-corrected chi connectivity index (χ1v) is 11.0. The van der Waals surface area contributed by atoms with E-state index in [1.807, 2.05) is 50.2 Å². The minimum absolute atomic E-state index is 0.00613. The van der Waals surface area contributed by atoms with Crippen LogP contribution in [0.2, 0.25) is 0 Å². The quantitative estimate of drug-likeness (QED) is 0.394. The van der Waals surface area contributed by atoms with Crippen molar-refractivity contribution in [2.45, 2.75) is 20.5 Å². The molecule has 0 aliphatic rings. The molecule has 5 rings (SSSR count). The van der Waals surface area contributed by atoms with Gasteiger partial charge < -0.3 is 10.1 Å². The lowest BCUT2D eigenvalue weighted by molar-refractivity contribution is 0.102. The largest absolute Gasteiger partial charge is 0.486 e. The number of aryl methyl sites for hydroxylation is 3. The Labute approximate surface area is 200 Å². The number of carbonyl (C=O) groups is 1. The highest BCUT2D eigenvalue weighted by atomic mass is 16.5. The van der Waals surface area contributed by atoms with Crippen molar-refractivity contribution < 1.29 is 9.53 Å². The number of benzene rings is 2. The van der Waals surface area contributed by atoms with E-state index in [-0.39, 0.29) is 23.9 Å². The van der Waals surface area contributed by atoms with Gasteiger partial charge in [0, 0.05) is 24.7 Å². The maximum absolute atomic E-state index is 13.1. The molecule has 0 radical (unpaired) electrons. The first-order chi connectivity index (χ1) is 16.9. The summed E-state index contributed by atoms with van der Waals surface area (Å²) in [6, 6.07) is 18.0. The van der Waals surface area contributed by atoms with Gasteiger partial charge >= 0.3 is 0 Å². The zero-order chi connectivity index (χ0) is 24.5. The van der Waals surface area contributed by atoms with Crippen molar-refractivity contribution in [3.63, 3.8) is 0 Å². The first kappa shape index (κ1) is 22.1. The van der Waals surface area contributed by atoms with Gasteiger partial charge in [0.1, 0.15) is 18.2 Å². The van der Waals surface area contributed by atoms with E-state index in [9.17, 15) is 9.59 Å². The number of nitrogens with zero attached hydrogens (tertiary/aromatic N) is 5. The topological polar surface area (TPSA) is 119 Å². The Balaban J connectivity index is 1.40. The average Bonchev–Trinajstić information content (AvgIpc) is 3.41. The van der Waals surface area contributed by atoms with Gasteiger partial charge in [-0.1, -0.05) is 42.5 Å². The Hall–Kier alpha value is -4.73. The lowest BCUT2D eigenvalue weighted by Gasteiger charge is -2.14. The molecule has 0 aliphatic heterocycles. The highest BCUT2D eigenvalue weighted by molar-refractivity contribution is 6.06. The monoisotopic (exact) mass is 469 g/mol. The van der Waals surface area contributed by atoms with Crippen molar-refractivity contribution in [3.8, 4) is 17.1 Å². The number of aromatic amines is 1. The molecular formula is C25H23N7O3. The van der Waals surface area contributed by atoms with Gasteiger partial charge in [0.25, 0.3) is 17.2 Å².